The highest BCUT2D eigenvalue weighted by molar-refractivity contribution is 6.01. The third kappa shape index (κ3) is 6.08. The van der Waals surface area contributed by atoms with E-state index in [1.54, 1.807) is 18.5 Å². The second kappa shape index (κ2) is 11.0. The van der Waals surface area contributed by atoms with Crippen molar-refractivity contribution in [2.75, 3.05) is 23.7 Å². The lowest BCUT2D eigenvalue weighted by Gasteiger charge is -2.35. The number of pyridine rings is 2. The molecule has 8 nitrogen and oxygen atoms in total. The number of ketones is 1. The highest BCUT2D eigenvalue weighted by Gasteiger charge is 2.27. The second-order valence-electron chi connectivity index (χ2n) is 9.56. The number of aromatic nitrogens is 2. The minimum atomic E-state index is -1.07. The summed E-state index contributed by atoms with van der Waals surface area (Å²) in [6, 6.07) is 8.27. The first-order valence-corrected chi connectivity index (χ1v) is 12.1. The molecule has 2 atom stereocenters. The maximum absolute atomic E-state index is 14.7. The van der Waals surface area contributed by atoms with E-state index < -0.39 is 17.8 Å². The van der Waals surface area contributed by atoms with Gasteiger partial charge in [-0.3, -0.25) is 14.6 Å². The van der Waals surface area contributed by atoms with E-state index in [1.807, 2.05) is 18.7 Å². The van der Waals surface area contributed by atoms with Crippen LogP contribution in [-0.2, 0) is 6.42 Å². The maximum atomic E-state index is 14.7. The summed E-state index contributed by atoms with van der Waals surface area (Å²) in [4.78, 5) is 36.0. The van der Waals surface area contributed by atoms with Crippen LogP contribution in [0, 0.1) is 5.82 Å². The summed E-state index contributed by atoms with van der Waals surface area (Å²) in [6.07, 6.45) is 2.26. The molecule has 5 N–H and O–H groups in total. The Balaban J connectivity index is 1.63. The maximum Gasteiger partial charge on any atom is 0.251 e. The molecule has 194 valence electrons. The van der Waals surface area contributed by atoms with Crippen molar-refractivity contribution < 1.29 is 18.4 Å². The molecule has 0 unspecified atom stereocenters. The van der Waals surface area contributed by atoms with Crippen molar-refractivity contribution in [2.45, 2.75) is 44.9 Å². The number of piperidine rings is 1. The van der Waals surface area contributed by atoms with Crippen molar-refractivity contribution in [1.82, 2.24) is 15.3 Å². The minimum absolute atomic E-state index is 0.0255. The van der Waals surface area contributed by atoms with Gasteiger partial charge in [0, 0.05) is 66.4 Å². The molecule has 0 bridgehead atoms. The number of hydrogen-bond donors (Lipinski definition) is 3. The van der Waals surface area contributed by atoms with Gasteiger partial charge in [0.25, 0.3) is 5.91 Å². The van der Waals surface area contributed by atoms with E-state index in [9.17, 15) is 18.4 Å². The molecule has 0 radical (unpaired) electrons. The van der Waals surface area contributed by atoms with Gasteiger partial charge in [0.15, 0.2) is 5.78 Å². The first kappa shape index (κ1) is 26.2. The predicted molar refractivity (Wildman–Crippen MR) is 139 cm³/mol. The largest absolute Gasteiger partial charge is 0.397 e. The second-order valence-corrected chi connectivity index (χ2v) is 9.56. The van der Waals surface area contributed by atoms with Gasteiger partial charge >= 0.3 is 0 Å². The van der Waals surface area contributed by atoms with Gasteiger partial charge in [-0.1, -0.05) is 0 Å². The Bertz CT molecular complexity index is 1310. The van der Waals surface area contributed by atoms with Gasteiger partial charge in [0.2, 0.25) is 0 Å². The van der Waals surface area contributed by atoms with E-state index in [-0.39, 0.29) is 59.2 Å². The number of nitrogen functional groups attached to an aromatic ring is 1. The van der Waals surface area contributed by atoms with Gasteiger partial charge in [0.1, 0.15) is 17.7 Å². The van der Waals surface area contributed by atoms with E-state index in [1.165, 1.54) is 30.3 Å². The van der Waals surface area contributed by atoms with Gasteiger partial charge < -0.3 is 21.7 Å². The molecule has 0 saturated carbocycles. The van der Waals surface area contributed by atoms with Gasteiger partial charge in [-0.2, -0.15) is 0 Å². The number of hydrogen-bond acceptors (Lipinski definition) is 7. The summed E-state index contributed by atoms with van der Waals surface area (Å²) < 4.78 is 28.9. The van der Waals surface area contributed by atoms with Crippen LogP contribution in [0.15, 0.2) is 48.8 Å². The van der Waals surface area contributed by atoms with Crippen molar-refractivity contribution >= 4 is 23.1 Å². The Kier molecular flexibility index (Phi) is 7.77. The van der Waals surface area contributed by atoms with Crippen LogP contribution >= 0.6 is 0 Å². The number of carbonyl (C=O) groups is 2. The molecule has 37 heavy (non-hydrogen) atoms. The van der Waals surface area contributed by atoms with Gasteiger partial charge in [0.05, 0.1) is 11.4 Å². The summed E-state index contributed by atoms with van der Waals surface area (Å²) in [5, 5.41) is 2.76. The highest BCUT2D eigenvalue weighted by atomic mass is 19.1. The van der Waals surface area contributed by atoms with Crippen molar-refractivity contribution in [1.29, 1.82) is 0 Å². The van der Waals surface area contributed by atoms with Gasteiger partial charge in [-0.05, 0) is 56.7 Å². The van der Waals surface area contributed by atoms with Crippen LogP contribution in [0.1, 0.15) is 46.7 Å². The summed E-state index contributed by atoms with van der Waals surface area (Å²) in [7, 11) is 0. The number of alkyl halides is 1. The number of anilines is 2. The topological polar surface area (TPSA) is 127 Å². The molecule has 1 aliphatic heterocycles. The standard InChI is InChI=1S/C27H30F2N6O2/c1-15(2)33-27(37)16-3-4-21(29)20(9-16)23-6-5-22(31)26(34-23)25(36)10-17-12-32-8-7-24(17)35-13-18(28)11-19(30)14-35/h3-9,12,15,18-19H,10-11,13-14,30-31H2,1-2H3,(H,33,37)/t18-,19+/m1/s1. The number of halogens is 2. The lowest BCUT2D eigenvalue weighted by atomic mass is 10.0. The van der Waals surface area contributed by atoms with E-state index in [0.717, 1.165) is 0 Å². The minimum Gasteiger partial charge on any atom is -0.397 e. The predicted octanol–water partition coefficient (Wildman–Crippen LogP) is 3.30. The molecule has 1 saturated heterocycles. The molecule has 0 aliphatic carbocycles. The molecular formula is C27H30F2N6O2. The quantitative estimate of drug-likeness (QED) is 0.418. The van der Waals surface area contributed by atoms with Crippen LogP contribution < -0.4 is 21.7 Å². The first-order chi connectivity index (χ1) is 17.6. The molecule has 1 aromatic carbocycles. The molecule has 3 aromatic rings. The van der Waals surface area contributed by atoms with Crippen molar-refractivity contribution in [3.8, 4) is 11.3 Å². The van der Waals surface area contributed by atoms with E-state index >= 15 is 0 Å². The average Bonchev–Trinajstić information content (AvgIpc) is 2.84. The zero-order chi connectivity index (χ0) is 26.7. The first-order valence-electron chi connectivity index (χ1n) is 12.1. The van der Waals surface area contributed by atoms with Gasteiger partial charge in [-0.15, -0.1) is 0 Å². The van der Waals surface area contributed by atoms with Crippen molar-refractivity contribution in [3.63, 3.8) is 0 Å². The van der Waals surface area contributed by atoms with Crippen LogP contribution in [0.5, 0.6) is 0 Å². The zero-order valence-electron chi connectivity index (χ0n) is 20.7. The lowest BCUT2D eigenvalue weighted by molar-refractivity contribution is 0.0941. The fraction of sp³-hybridized carbons (Fsp3) is 0.333. The summed E-state index contributed by atoms with van der Waals surface area (Å²) in [5.41, 5.74) is 14.0. The van der Waals surface area contributed by atoms with Crippen LogP contribution in [0.25, 0.3) is 11.3 Å². The zero-order valence-corrected chi connectivity index (χ0v) is 20.7. The summed E-state index contributed by atoms with van der Waals surface area (Å²) >= 11 is 0. The Hall–Kier alpha value is -3.92. The monoisotopic (exact) mass is 508 g/mol. The Morgan fingerprint density at radius 3 is 2.70 bits per heavy atom. The molecule has 10 heteroatoms. The number of nitrogens with zero attached hydrogens (tertiary/aromatic N) is 3. The lowest BCUT2D eigenvalue weighted by Crippen LogP contribution is -2.48. The number of amides is 1. The smallest absolute Gasteiger partial charge is 0.251 e. The number of Topliss-reactive ketones (excluding diaryl/α,β-unsaturated/α-hetero) is 1. The van der Waals surface area contributed by atoms with E-state index in [0.29, 0.717) is 24.2 Å². The van der Waals surface area contributed by atoms with Gasteiger partial charge in [-0.25, -0.2) is 13.8 Å². The van der Waals surface area contributed by atoms with Crippen LogP contribution in [-0.4, -0.2) is 53.0 Å². The SMILES string of the molecule is CC(C)NC(=O)c1ccc(F)c(-c2ccc(N)c(C(=O)Cc3cnccc3N3C[C@@H](N)C[C@@H](F)C3)n2)c1. The number of nitrogens with one attached hydrogen (secondary N) is 1. The molecule has 0 spiro atoms. The van der Waals surface area contributed by atoms with Crippen molar-refractivity contribution in [2.24, 2.45) is 5.73 Å². The fourth-order valence-corrected chi connectivity index (χ4v) is 4.44. The Morgan fingerprint density at radius 2 is 1.97 bits per heavy atom. The normalized spacial score (nSPS) is 17.6. The third-order valence-corrected chi connectivity index (χ3v) is 6.12. The fourth-order valence-electron chi connectivity index (χ4n) is 4.44. The summed E-state index contributed by atoms with van der Waals surface area (Å²) in [5.74, 6) is -1.34. The molecule has 1 aliphatic rings. The molecule has 4 rings (SSSR count). The molecule has 2 aromatic heterocycles. The van der Waals surface area contributed by atoms with E-state index in [4.69, 9.17) is 11.5 Å². The Morgan fingerprint density at radius 1 is 1.19 bits per heavy atom. The number of rotatable bonds is 7. The van der Waals surface area contributed by atoms with E-state index in [2.05, 4.69) is 15.3 Å². The average molecular weight is 509 g/mol. The van der Waals surface area contributed by atoms with Crippen LogP contribution in [0.3, 0.4) is 0 Å². The number of benzene rings is 1. The number of carbonyl (C=O) groups excluding carboxylic acids is 2. The Labute approximate surface area is 214 Å². The third-order valence-electron chi connectivity index (χ3n) is 6.12. The highest BCUT2D eigenvalue weighted by Crippen LogP contribution is 2.28. The molecule has 1 fully saturated rings. The van der Waals surface area contributed by atoms with Crippen LogP contribution in [0.2, 0.25) is 0 Å². The molecular weight excluding hydrogens is 478 g/mol. The molecule has 3 heterocycles. The number of nitrogens with two attached hydrogens (primary N) is 2. The summed E-state index contributed by atoms with van der Waals surface area (Å²) in [6.45, 7) is 4.28. The van der Waals surface area contributed by atoms with Crippen LogP contribution in [0.4, 0.5) is 20.2 Å². The van der Waals surface area contributed by atoms with Crippen molar-refractivity contribution in [3.05, 3.63) is 71.4 Å². The molecule has 1 amide bonds.